The standard InChI is InChI=1S/C14H17NO5/c1-20-12-5-3-2-4-10(12)6-7-13(17)15-11(8-9-16)14(18)19/h2-7,11,16H,8-9H2,1H3,(H,15,17)(H,18,19)/b7-6+. The van der Waals surface area contributed by atoms with Crippen molar-refractivity contribution in [3.8, 4) is 5.75 Å². The third kappa shape index (κ3) is 4.74. The molecule has 0 aliphatic heterocycles. The highest BCUT2D eigenvalue weighted by atomic mass is 16.5. The zero-order valence-electron chi connectivity index (χ0n) is 11.1. The number of amides is 1. The Labute approximate surface area is 116 Å². The van der Waals surface area contributed by atoms with E-state index in [1.165, 1.54) is 19.3 Å². The molecule has 108 valence electrons. The quantitative estimate of drug-likeness (QED) is 0.637. The van der Waals surface area contributed by atoms with Crippen LogP contribution in [0.15, 0.2) is 30.3 Å². The average molecular weight is 279 g/mol. The number of hydrogen-bond acceptors (Lipinski definition) is 4. The van der Waals surface area contributed by atoms with Gasteiger partial charge in [-0.3, -0.25) is 4.79 Å². The summed E-state index contributed by atoms with van der Waals surface area (Å²) in [5.41, 5.74) is 0.708. The maximum Gasteiger partial charge on any atom is 0.326 e. The lowest BCUT2D eigenvalue weighted by Crippen LogP contribution is -2.40. The van der Waals surface area contributed by atoms with Crippen molar-refractivity contribution >= 4 is 18.0 Å². The van der Waals surface area contributed by atoms with Gasteiger partial charge < -0.3 is 20.3 Å². The summed E-state index contributed by atoms with van der Waals surface area (Å²) in [4.78, 5) is 22.5. The first-order valence-corrected chi connectivity index (χ1v) is 6.03. The van der Waals surface area contributed by atoms with Gasteiger partial charge in [0.1, 0.15) is 11.8 Å². The summed E-state index contributed by atoms with van der Waals surface area (Å²) in [5.74, 6) is -1.11. The number of carbonyl (C=O) groups is 2. The fraction of sp³-hybridized carbons (Fsp3) is 0.286. The van der Waals surface area contributed by atoms with Crippen molar-refractivity contribution in [3.63, 3.8) is 0 Å². The fourth-order valence-electron chi connectivity index (χ4n) is 1.58. The number of para-hydroxylation sites is 1. The van der Waals surface area contributed by atoms with E-state index < -0.39 is 17.9 Å². The molecular weight excluding hydrogens is 262 g/mol. The van der Waals surface area contributed by atoms with Gasteiger partial charge in [0.2, 0.25) is 5.91 Å². The first kappa shape index (κ1) is 15.7. The Bertz CT molecular complexity index is 498. The number of aliphatic hydroxyl groups excluding tert-OH is 1. The number of ether oxygens (including phenoxy) is 1. The van der Waals surface area contributed by atoms with E-state index in [1.807, 2.05) is 0 Å². The Morgan fingerprint density at radius 2 is 2.10 bits per heavy atom. The second kappa shape index (κ2) is 7.96. The van der Waals surface area contributed by atoms with Gasteiger partial charge in [0, 0.05) is 24.7 Å². The minimum Gasteiger partial charge on any atom is -0.496 e. The summed E-state index contributed by atoms with van der Waals surface area (Å²) >= 11 is 0. The largest absolute Gasteiger partial charge is 0.496 e. The van der Waals surface area contributed by atoms with Crippen LogP contribution in [0, 0.1) is 0 Å². The van der Waals surface area contributed by atoms with Crippen molar-refractivity contribution in [1.82, 2.24) is 5.32 Å². The average Bonchev–Trinajstić information content (AvgIpc) is 2.44. The first-order chi connectivity index (χ1) is 9.58. The summed E-state index contributed by atoms with van der Waals surface area (Å²) < 4.78 is 5.13. The number of aliphatic hydroxyl groups is 1. The molecule has 1 amide bonds. The second-order valence-corrected chi connectivity index (χ2v) is 3.99. The summed E-state index contributed by atoms with van der Waals surface area (Å²) in [5, 5.41) is 19.9. The summed E-state index contributed by atoms with van der Waals surface area (Å²) in [6.45, 7) is -0.312. The van der Waals surface area contributed by atoms with Crippen LogP contribution in [-0.2, 0) is 9.59 Å². The van der Waals surface area contributed by atoms with Gasteiger partial charge in [0.25, 0.3) is 0 Å². The zero-order chi connectivity index (χ0) is 15.0. The maximum atomic E-state index is 11.6. The minimum atomic E-state index is -1.18. The van der Waals surface area contributed by atoms with Crippen LogP contribution < -0.4 is 10.1 Å². The highest BCUT2D eigenvalue weighted by Gasteiger charge is 2.17. The normalized spacial score (nSPS) is 12.1. The van der Waals surface area contributed by atoms with Crippen LogP contribution in [0.3, 0.4) is 0 Å². The smallest absolute Gasteiger partial charge is 0.326 e. The lowest BCUT2D eigenvalue weighted by molar-refractivity contribution is -0.141. The van der Waals surface area contributed by atoms with Gasteiger partial charge in [0.05, 0.1) is 7.11 Å². The van der Waals surface area contributed by atoms with Gasteiger partial charge in [-0.2, -0.15) is 0 Å². The van der Waals surface area contributed by atoms with Crippen molar-refractivity contribution in [2.75, 3.05) is 13.7 Å². The van der Waals surface area contributed by atoms with Crippen molar-refractivity contribution in [3.05, 3.63) is 35.9 Å². The molecule has 0 fully saturated rings. The summed E-state index contributed by atoms with van der Waals surface area (Å²) in [6, 6.07) is 6.02. The number of carbonyl (C=O) groups excluding carboxylic acids is 1. The molecule has 0 saturated carbocycles. The Balaban J connectivity index is 2.69. The Hall–Kier alpha value is -2.34. The van der Waals surface area contributed by atoms with Crippen molar-refractivity contribution in [2.45, 2.75) is 12.5 Å². The number of hydrogen-bond donors (Lipinski definition) is 3. The lowest BCUT2D eigenvalue weighted by atomic mass is 10.2. The van der Waals surface area contributed by atoms with Gasteiger partial charge in [-0.1, -0.05) is 18.2 Å². The molecule has 1 rings (SSSR count). The Morgan fingerprint density at radius 3 is 2.70 bits per heavy atom. The molecule has 6 heteroatoms. The molecule has 0 aliphatic carbocycles. The molecule has 0 aliphatic rings. The maximum absolute atomic E-state index is 11.6. The van der Waals surface area contributed by atoms with Crippen molar-refractivity contribution in [2.24, 2.45) is 0 Å². The van der Waals surface area contributed by atoms with Crippen molar-refractivity contribution < 1.29 is 24.5 Å². The number of carboxylic acids is 1. The molecule has 6 nitrogen and oxygen atoms in total. The topological polar surface area (TPSA) is 95.9 Å². The minimum absolute atomic E-state index is 0.0381. The number of aliphatic carboxylic acids is 1. The molecule has 0 heterocycles. The number of methoxy groups -OCH3 is 1. The van der Waals surface area contributed by atoms with Crippen LogP contribution >= 0.6 is 0 Å². The van der Waals surface area contributed by atoms with Crippen LogP contribution in [-0.4, -0.2) is 41.8 Å². The molecule has 0 radical (unpaired) electrons. The summed E-state index contributed by atoms with van der Waals surface area (Å²) in [7, 11) is 1.52. The third-order valence-electron chi connectivity index (χ3n) is 2.59. The van der Waals surface area contributed by atoms with Crippen molar-refractivity contribution in [1.29, 1.82) is 0 Å². The zero-order valence-corrected chi connectivity index (χ0v) is 11.1. The van der Waals surface area contributed by atoms with E-state index in [1.54, 1.807) is 24.3 Å². The SMILES string of the molecule is COc1ccccc1/C=C/C(=O)NC(CCO)C(=O)O. The van der Waals surface area contributed by atoms with E-state index in [9.17, 15) is 9.59 Å². The second-order valence-electron chi connectivity index (χ2n) is 3.99. The monoisotopic (exact) mass is 279 g/mol. The number of rotatable bonds is 7. The van der Waals surface area contributed by atoms with E-state index in [0.717, 1.165) is 0 Å². The van der Waals surface area contributed by atoms with Crippen LogP contribution in [0.25, 0.3) is 6.08 Å². The predicted octanol–water partition coefficient (Wildman–Crippen LogP) is 0.660. The first-order valence-electron chi connectivity index (χ1n) is 6.03. The lowest BCUT2D eigenvalue weighted by Gasteiger charge is -2.11. The van der Waals surface area contributed by atoms with Gasteiger partial charge in [-0.05, 0) is 12.1 Å². The molecule has 1 aromatic rings. The van der Waals surface area contributed by atoms with E-state index in [-0.39, 0.29) is 13.0 Å². The molecule has 0 bridgehead atoms. The number of nitrogens with one attached hydrogen (secondary N) is 1. The molecule has 1 unspecified atom stereocenters. The molecular formula is C14H17NO5. The molecule has 0 aromatic heterocycles. The van der Waals surface area contributed by atoms with Gasteiger partial charge in [-0.25, -0.2) is 4.79 Å². The van der Waals surface area contributed by atoms with Crippen LogP contribution in [0.2, 0.25) is 0 Å². The molecule has 0 spiro atoms. The van der Waals surface area contributed by atoms with E-state index in [0.29, 0.717) is 11.3 Å². The Kier molecular flexibility index (Phi) is 6.25. The molecule has 0 saturated heterocycles. The third-order valence-corrected chi connectivity index (χ3v) is 2.59. The number of carboxylic acid groups (broad SMARTS) is 1. The molecule has 1 aromatic carbocycles. The van der Waals surface area contributed by atoms with Crippen LogP contribution in [0.5, 0.6) is 5.75 Å². The van der Waals surface area contributed by atoms with E-state index in [2.05, 4.69) is 5.32 Å². The summed E-state index contributed by atoms with van der Waals surface area (Å²) in [6.07, 6.45) is 2.72. The highest BCUT2D eigenvalue weighted by Crippen LogP contribution is 2.18. The fourth-order valence-corrected chi connectivity index (χ4v) is 1.58. The van der Waals surface area contributed by atoms with Gasteiger partial charge in [-0.15, -0.1) is 0 Å². The Morgan fingerprint density at radius 1 is 1.40 bits per heavy atom. The van der Waals surface area contributed by atoms with E-state index in [4.69, 9.17) is 14.9 Å². The van der Waals surface area contributed by atoms with Crippen LogP contribution in [0.1, 0.15) is 12.0 Å². The van der Waals surface area contributed by atoms with Gasteiger partial charge in [0.15, 0.2) is 0 Å². The predicted molar refractivity (Wildman–Crippen MR) is 73.3 cm³/mol. The number of benzene rings is 1. The highest BCUT2D eigenvalue weighted by molar-refractivity contribution is 5.94. The van der Waals surface area contributed by atoms with Crippen LogP contribution in [0.4, 0.5) is 0 Å². The molecule has 3 N–H and O–H groups in total. The van der Waals surface area contributed by atoms with E-state index >= 15 is 0 Å². The molecule has 20 heavy (non-hydrogen) atoms. The van der Waals surface area contributed by atoms with Gasteiger partial charge >= 0.3 is 5.97 Å². The molecule has 1 atom stereocenters.